The largest absolute Gasteiger partial charge is 0.378 e. The van der Waals surface area contributed by atoms with Gasteiger partial charge in [-0.3, -0.25) is 4.98 Å². The molecule has 2 saturated heterocycles. The predicted molar refractivity (Wildman–Crippen MR) is 83.0 cm³/mol. The number of carbonyl (C=O) groups is 1. The van der Waals surface area contributed by atoms with Crippen LogP contribution in [-0.4, -0.2) is 78.3 Å². The summed E-state index contributed by atoms with van der Waals surface area (Å²) in [4.78, 5) is 27.4. The van der Waals surface area contributed by atoms with Gasteiger partial charge >= 0.3 is 6.03 Å². The smallest absolute Gasteiger partial charge is 0.320 e. The third-order valence-corrected chi connectivity index (χ3v) is 4.11. The second-order valence-electron chi connectivity index (χ2n) is 5.73. The van der Waals surface area contributed by atoms with Crippen LogP contribution in [0.25, 0.3) is 0 Å². The third-order valence-electron chi connectivity index (χ3n) is 4.11. The van der Waals surface area contributed by atoms with Crippen LogP contribution < -0.4 is 4.90 Å². The number of hydrogen-bond donors (Lipinski definition) is 0. The second-order valence-corrected chi connectivity index (χ2v) is 5.73. The van der Waals surface area contributed by atoms with Crippen molar-refractivity contribution in [1.29, 1.82) is 0 Å². The number of ether oxygens (including phenoxy) is 1. The topological polar surface area (TPSA) is 61.8 Å². The van der Waals surface area contributed by atoms with Crippen LogP contribution in [0, 0.1) is 6.92 Å². The third kappa shape index (κ3) is 3.47. The Morgan fingerprint density at radius 3 is 2.59 bits per heavy atom. The summed E-state index contributed by atoms with van der Waals surface area (Å²) >= 11 is 0. The Hall–Kier alpha value is -1.89. The number of aromatic nitrogens is 2. The number of rotatable bonds is 1. The van der Waals surface area contributed by atoms with Crippen molar-refractivity contribution in [1.82, 2.24) is 19.8 Å². The molecule has 7 heteroatoms. The number of aryl methyl sites for hydroxylation is 1. The molecule has 22 heavy (non-hydrogen) atoms. The van der Waals surface area contributed by atoms with Crippen molar-refractivity contribution in [3.63, 3.8) is 0 Å². The van der Waals surface area contributed by atoms with Gasteiger partial charge in [0.25, 0.3) is 0 Å². The van der Waals surface area contributed by atoms with Crippen molar-refractivity contribution < 1.29 is 9.53 Å². The minimum absolute atomic E-state index is 0.139. The van der Waals surface area contributed by atoms with Gasteiger partial charge in [0.2, 0.25) is 0 Å². The molecule has 0 unspecified atom stereocenters. The maximum absolute atomic E-state index is 12.6. The van der Waals surface area contributed by atoms with Gasteiger partial charge in [0.1, 0.15) is 5.82 Å². The normalized spacial score (nSPS) is 20.0. The van der Waals surface area contributed by atoms with Crippen molar-refractivity contribution >= 4 is 11.8 Å². The van der Waals surface area contributed by atoms with Crippen molar-refractivity contribution in [2.24, 2.45) is 0 Å². The van der Waals surface area contributed by atoms with E-state index < -0.39 is 0 Å². The zero-order valence-electron chi connectivity index (χ0n) is 13.1. The standard InChI is InChI=1S/C15H23N5O2/c1-13-11-16-12-14(17-13)18-3-2-4-19(6-5-18)15(21)20-7-9-22-10-8-20/h11-12H,2-10H2,1H3. The summed E-state index contributed by atoms with van der Waals surface area (Å²) in [6, 6.07) is 0.139. The van der Waals surface area contributed by atoms with Crippen LogP contribution in [0.1, 0.15) is 12.1 Å². The van der Waals surface area contributed by atoms with E-state index in [2.05, 4.69) is 14.9 Å². The number of carbonyl (C=O) groups excluding carboxylic acids is 1. The zero-order valence-corrected chi connectivity index (χ0v) is 13.1. The first-order chi connectivity index (χ1) is 10.7. The average Bonchev–Trinajstić information content (AvgIpc) is 2.81. The number of amides is 2. The molecule has 3 rings (SSSR count). The van der Waals surface area contributed by atoms with Crippen molar-refractivity contribution in [3.05, 3.63) is 18.1 Å². The molecule has 0 bridgehead atoms. The first-order valence-corrected chi connectivity index (χ1v) is 7.89. The monoisotopic (exact) mass is 305 g/mol. The molecule has 7 nitrogen and oxygen atoms in total. The number of hydrogen-bond acceptors (Lipinski definition) is 5. The highest BCUT2D eigenvalue weighted by atomic mass is 16.5. The summed E-state index contributed by atoms with van der Waals surface area (Å²) < 4.78 is 5.31. The molecule has 0 radical (unpaired) electrons. The highest BCUT2D eigenvalue weighted by Gasteiger charge is 2.25. The van der Waals surface area contributed by atoms with Crippen LogP contribution in [0.5, 0.6) is 0 Å². The Morgan fingerprint density at radius 2 is 1.82 bits per heavy atom. The van der Waals surface area contributed by atoms with E-state index in [-0.39, 0.29) is 6.03 Å². The molecule has 2 aliphatic heterocycles. The fraction of sp³-hybridized carbons (Fsp3) is 0.667. The molecule has 120 valence electrons. The van der Waals surface area contributed by atoms with Crippen LogP contribution in [0.15, 0.2) is 12.4 Å². The van der Waals surface area contributed by atoms with Gasteiger partial charge in [-0.25, -0.2) is 9.78 Å². The molecule has 0 saturated carbocycles. The van der Waals surface area contributed by atoms with E-state index in [1.165, 1.54) is 0 Å². The molecular formula is C15H23N5O2. The van der Waals surface area contributed by atoms with E-state index >= 15 is 0 Å². The summed E-state index contributed by atoms with van der Waals surface area (Å²) in [5, 5.41) is 0. The van der Waals surface area contributed by atoms with E-state index in [1.54, 1.807) is 12.4 Å². The molecule has 0 aromatic carbocycles. The second kappa shape index (κ2) is 6.91. The lowest BCUT2D eigenvalue weighted by atomic mass is 10.3. The Balaban J connectivity index is 1.60. The van der Waals surface area contributed by atoms with E-state index in [0.29, 0.717) is 26.3 Å². The van der Waals surface area contributed by atoms with Gasteiger partial charge in [0.05, 0.1) is 25.1 Å². The lowest BCUT2D eigenvalue weighted by Gasteiger charge is -2.32. The van der Waals surface area contributed by atoms with Crippen molar-refractivity contribution in [2.45, 2.75) is 13.3 Å². The molecule has 2 amide bonds. The number of anilines is 1. The lowest BCUT2D eigenvalue weighted by Crippen LogP contribution is -2.49. The maximum atomic E-state index is 12.6. The van der Waals surface area contributed by atoms with Gasteiger partial charge in [-0.2, -0.15) is 0 Å². The minimum atomic E-state index is 0.139. The molecule has 3 heterocycles. The first kappa shape index (κ1) is 15.0. The quantitative estimate of drug-likeness (QED) is 0.766. The van der Waals surface area contributed by atoms with E-state index in [4.69, 9.17) is 4.74 Å². The van der Waals surface area contributed by atoms with E-state index in [1.807, 2.05) is 16.7 Å². The average molecular weight is 305 g/mol. The highest BCUT2D eigenvalue weighted by Crippen LogP contribution is 2.14. The van der Waals surface area contributed by atoms with E-state index in [9.17, 15) is 4.79 Å². The predicted octanol–water partition coefficient (Wildman–Crippen LogP) is 0.749. The number of urea groups is 1. The molecular weight excluding hydrogens is 282 g/mol. The van der Waals surface area contributed by atoms with Gasteiger partial charge in [-0.15, -0.1) is 0 Å². The summed E-state index contributed by atoms with van der Waals surface area (Å²) in [5.41, 5.74) is 0.919. The van der Waals surface area contributed by atoms with Crippen LogP contribution in [0.4, 0.5) is 10.6 Å². The highest BCUT2D eigenvalue weighted by molar-refractivity contribution is 5.74. The minimum Gasteiger partial charge on any atom is -0.378 e. The zero-order chi connectivity index (χ0) is 15.4. The van der Waals surface area contributed by atoms with Gasteiger partial charge < -0.3 is 19.4 Å². The van der Waals surface area contributed by atoms with Crippen LogP contribution in [-0.2, 0) is 4.74 Å². The number of morpholine rings is 1. The van der Waals surface area contributed by atoms with Crippen molar-refractivity contribution in [2.75, 3.05) is 57.4 Å². The molecule has 0 aliphatic carbocycles. The van der Waals surface area contributed by atoms with Gasteiger partial charge in [0.15, 0.2) is 0 Å². The molecule has 2 aliphatic rings. The maximum Gasteiger partial charge on any atom is 0.320 e. The molecule has 1 aromatic rings. The van der Waals surface area contributed by atoms with Gasteiger partial charge in [0, 0.05) is 45.5 Å². The molecule has 0 spiro atoms. The molecule has 1 aromatic heterocycles. The first-order valence-electron chi connectivity index (χ1n) is 7.89. The Kier molecular flexibility index (Phi) is 4.72. The fourth-order valence-corrected chi connectivity index (χ4v) is 2.90. The van der Waals surface area contributed by atoms with Gasteiger partial charge in [-0.05, 0) is 13.3 Å². The SMILES string of the molecule is Cc1cncc(N2CCCN(C(=O)N3CCOCC3)CC2)n1. The lowest BCUT2D eigenvalue weighted by molar-refractivity contribution is 0.0438. The van der Waals surface area contributed by atoms with Crippen molar-refractivity contribution in [3.8, 4) is 0 Å². The van der Waals surface area contributed by atoms with E-state index in [0.717, 1.165) is 44.1 Å². The number of nitrogens with zero attached hydrogens (tertiary/aromatic N) is 5. The van der Waals surface area contributed by atoms with Crippen LogP contribution in [0.3, 0.4) is 0 Å². The Morgan fingerprint density at radius 1 is 1.05 bits per heavy atom. The summed E-state index contributed by atoms with van der Waals surface area (Å²) in [6.45, 7) is 7.86. The molecule has 0 atom stereocenters. The Labute approximate surface area is 130 Å². The molecule has 0 N–H and O–H groups in total. The fourth-order valence-electron chi connectivity index (χ4n) is 2.90. The van der Waals surface area contributed by atoms with Crippen LogP contribution >= 0.6 is 0 Å². The Bertz CT molecular complexity index is 518. The van der Waals surface area contributed by atoms with Crippen LogP contribution in [0.2, 0.25) is 0 Å². The summed E-state index contributed by atoms with van der Waals surface area (Å²) in [7, 11) is 0. The molecule has 2 fully saturated rings. The van der Waals surface area contributed by atoms with Gasteiger partial charge in [-0.1, -0.05) is 0 Å². The summed E-state index contributed by atoms with van der Waals surface area (Å²) in [6.07, 6.45) is 4.51. The summed E-state index contributed by atoms with van der Waals surface area (Å²) in [5.74, 6) is 0.903.